The first-order chi connectivity index (χ1) is 47.2. The number of carboxylic acid groups (broad SMARTS) is 1. The molecule has 6 heterocycles. The highest BCUT2D eigenvalue weighted by atomic mass is 32.3. The van der Waals surface area contributed by atoms with Crippen LogP contribution in [0, 0.1) is 0 Å². The number of unbranched alkanes of at least 4 members (excludes halogenated alkanes) is 3. The van der Waals surface area contributed by atoms with E-state index in [1.807, 2.05) is 0 Å². The fourth-order valence-electron chi connectivity index (χ4n) is 11.7. The molecular weight excluding hydrogens is 1570 g/mol. The number of nitrogens with one attached hydrogen (secondary N) is 4. The standard InChI is InChI=1S/C45H76N4O45S8/c1-76-28-20(15-81-96(55,56)57)84-41(27(31(28)77-2)48-25(51)13-7-6-10-14-46-24(50)12-9-8-11-23-26-19(18-95-23)47-45(54)49-26)89-33-32(78-3)37(79-4)43(90-36(33)40(52)53)87-30-22(17-83-98(61,62)63)86-44(39(94-102(73,74)75)35(30)92-100(67,68)69)88-29-21(16-82-97(58,59)60)85-42(80-5)38(93-101(70,71)72)34(29)91-99(64,65)66/h19-23,26-39,41-44H,6-18H2,1-5H3,(H,46,50)(H,48,51)(H,52,53)(H2,47,49,54)(H,55,56,57)(H,58,59,60)(H,61,62,63)(H,64,65,66)(H,67,68,69)(H,70,71,72)(H,73,74,75)/t19-,20+,21+,22+,23+,26-,27+,28+,29-,30+,31+,32-,33-,34-,35-,36-,37+,38+,39+,41-,42-,43+,44+/m0/s1. The average Bonchev–Trinajstić information content (AvgIpc) is 0.987. The van der Waals surface area contributed by atoms with E-state index in [2.05, 4.69) is 46.4 Å². The number of carbonyl (C=O) groups is 4. The van der Waals surface area contributed by atoms with Crippen molar-refractivity contribution in [2.24, 2.45) is 0 Å². The predicted molar refractivity (Wildman–Crippen MR) is 323 cm³/mol. The second-order valence-corrected chi connectivity index (χ2v) is 31.2. The molecule has 594 valence electrons. The number of hydrogen-bond acceptors (Lipinski definition) is 38. The fraction of sp³-hybridized carbons (Fsp3) is 0.911. The lowest BCUT2D eigenvalue weighted by Crippen LogP contribution is -2.70. The van der Waals surface area contributed by atoms with E-state index >= 15 is 0 Å². The number of carboxylic acids is 1. The molecule has 6 fully saturated rings. The third-order valence-corrected chi connectivity index (χ3v) is 20.3. The third-order valence-electron chi connectivity index (χ3n) is 15.6. The molecule has 0 aromatic rings. The summed E-state index contributed by atoms with van der Waals surface area (Å²) in [5.41, 5.74) is 0. The molecule has 4 amide bonds. The highest BCUT2D eigenvalue weighted by molar-refractivity contribution is 8.00. The van der Waals surface area contributed by atoms with Crippen molar-refractivity contribution in [3.8, 4) is 0 Å². The number of aliphatic carboxylic acids is 1. The van der Waals surface area contributed by atoms with Crippen molar-refractivity contribution < 1.29 is 201 Å². The molecule has 6 aliphatic heterocycles. The number of amides is 4. The van der Waals surface area contributed by atoms with E-state index in [9.17, 15) is 115 Å². The summed E-state index contributed by atoms with van der Waals surface area (Å²) in [7, 11) is -37.0. The van der Waals surface area contributed by atoms with E-state index in [-0.39, 0.29) is 55.1 Å². The van der Waals surface area contributed by atoms with Crippen LogP contribution in [-0.2, 0) is 173 Å². The van der Waals surface area contributed by atoms with E-state index in [1.165, 1.54) is 0 Å². The first-order valence-electron chi connectivity index (χ1n) is 29.4. The number of carbonyl (C=O) groups excluding carboxylic acids is 3. The summed E-state index contributed by atoms with van der Waals surface area (Å²) in [4.78, 5) is 51.7. The first-order valence-corrected chi connectivity index (χ1v) is 40.0. The van der Waals surface area contributed by atoms with Gasteiger partial charge in [-0.1, -0.05) is 12.8 Å². The van der Waals surface area contributed by atoms with Gasteiger partial charge in [0.05, 0.1) is 31.9 Å². The fourth-order valence-corrected chi connectivity index (χ4v) is 16.1. The number of urea groups is 1. The van der Waals surface area contributed by atoms with Crippen molar-refractivity contribution in [1.82, 2.24) is 21.3 Å². The van der Waals surface area contributed by atoms with Crippen LogP contribution in [0.4, 0.5) is 4.79 Å². The minimum absolute atomic E-state index is 0.0213. The highest BCUT2D eigenvalue weighted by Gasteiger charge is 2.61. The maximum absolute atomic E-state index is 13.9. The van der Waals surface area contributed by atoms with Gasteiger partial charge in [-0.3, -0.25) is 41.5 Å². The second kappa shape index (κ2) is 37.2. The Morgan fingerprint density at radius 2 is 0.892 bits per heavy atom. The normalized spacial score (nSPS) is 34.3. The molecule has 0 radical (unpaired) electrons. The summed E-state index contributed by atoms with van der Waals surface area (Å²) in [6.45, 7) is -4.46. The number of rotatable bonds is 41. The molecule has 0 aromatic carbocycles. The van der Waals surface area contributed by atoms with Crippen LogP contribution in [0.3, 0.4) is 0 Å². The van der Waals surface area contributed by atoms with Crippen LogP contribution in [0.25, 0.3) is 0 Å². The summed E-state index contributed by atoms with van der Waals surface area (Å²) in [5.74, 6) is -2.28. The summed E-state index contributed by atoms with van der Waals surface area (Å²) >= 11 is 1.75. The Morgan fingerprint density at radius 1 is 0.461 bits per heavy atom. The quantitative estimate of drug-likeness (QED) is 0.0154. The zero-order valence-corrected chi connectivity index (χ0v) is 60.0. The summed E-state index contributed by atoms with van der Waals surface area (Å²) in [5, 5.41) is 22.3. The van der Waals surface area contributed by atoms with Crippen LogP contribution in [0.5, 0.6) is 0 Å². The van der Waals surface area contributed by atoms with Gasteiger partial charge < -0.3 is 83.2 Å². The summed E-state index contributed by atoms with van der Waals surface area (Å²) < 4.78 is 340. The molecule has 6 aliphatic rings. The van der Waals surface area contributed by atoms with E-state index in [1.54, 1.807) is 11.8 Å². The SMILES string of the molecule is CO[C@H]1O[C@H](COS(=O)(=O)O)[C@H](O[C@H]2O[C@H](COS(=O)(=O)O)[C@@H](O[C@@H]3O[C@H](C(=O)O)[C@@H](O[C@@H]4O[C@H](COS(=O)(=O)O)[C@@H](OC)[C@H](OC)[C@H]4NC(=O)CCCCCNC(=O)CCCC[C@H]4SC[C@@H]5NC(=O)N[C@@H]54)[C@H](OC)[C@H]3OC)[C@H](OS(=O)(=O)O)[C@H]2OS(=O)(=O)O)[C@H](OS(=O)(=O)O)[C@H]1OS(=O)(=O)O. The van der Waals surface area contributed by atoms with Gasteiger partial charge >= 0.3 is 84.8 Å². The van der Waals surface area contributed by atoms with E-state index in [0.29, 0.717) is 26.4 Å². The zero-order chi connectivity index (χ0) is 76.3. The molecule has 6 rings (SSSR count). The van der Waals surface area contributed by atoms with Gasteiger partial charge in [0, 0.05) is 65.9 Å². The van der Waals surface area contributed by atoms with Crippen LogP contribution < -0.4 is 21.3 Å². The first kappa shape index (κ1) is 87.5. The largest absolute Gasteiger partial charge is 0.479 e. The lowest BCUT2D eigenvalue weighted by atomic mass is 9.94. The molecule has 0 unspecified atom stereocenters. The van der Waals surface area contributed by atoms with Crippen LogP contribution >= 0.6 is 11.8 Å². The summed E-state index contributed by atoms with van der Waals surface area (Å²) in [6.07, 6.45) is -44.9. The van der Waals surface area contributed by atoms with Crippen LogP contribution in [0.2, 0.25) is 0 Å². The Kier molecular flexibility index (Phi) is 31.9. The van der Waals surface area contributed by atoms with E-state index in [4.69, 9.17) is 61.0 Å². The van der Waals surface area contributed by atoms with Crippen molar-refractivity contribution in [1.29, 1.82) is 0 Å². The van der Waals surface area contributed by atoms with Crippen LogP contribution in [-0.4, -0.2) is 327 Å². The van der Waals surface area contributed by atoms with Gasteiger partial charge in [0.25, 0.3) is 0 Å². The van der Waals surface area contributed by atoms with Crippen LogP contribution in [0.1, 0.15) is 51.4 Å². The third kappa shape index (κ3) is 26.8. The zero-order valence-electron chi connectivity index (χ0n) is 53.4. The van der Waals surface area contributed by atoms with Gasteiger partial charge in [0.15, 0.2) is 43.5 Å². The van der Waals surface area contributed by atoms with Gasteiger partial charge in [-0.05, 0) is 25.7 Å². The van der Waals surface area contributed by atoms with Gasteiger partial charge in [0.2, 0.25) is 11.8 Å². The van der Waals surface area contributed by atoms with Crippen molar-refractivity contribution in [2.45, 2.75) is 191 Å². The van der Waals surface area contributed by atoms with Gasteiger partial charge in [-0.25, -0.2) is 38.9 Å². The topological polar surface area (TPSA) is 693 Å². The molecule has 57 heteroatoms. The Balaban J connectivity index is 1.31. The molecule has 0 bridgehead atoms. The van der Waals surface area contributed by atoms with Crippen LogP contribution in [0.15, 0.2) is 0 Å². The Labute approximate surface area is 587 Å². The molecular formula is C45H76N4O45S8. The molecule has 23 atom stereocenters. The Bertz CT molecular complexity index is 3660. The van der Waals surface area contributed by atoms with Crippen molar-refractivity contribution >= 4 is 108 Å². The minimum Gasteiger partial charge on any atom is -0.479 e. The predicted octanol–water partition coefficient (Wildman–Crippen LogP) is -6.07. The van der Waals surface area contributed by atoms with Gasteiger partial charge in [-0.2, -0.15) is 70.7 Å². The second-order valence-electron chi connectivity index (χ2n) is 22.4. The lowest BCUT2D eigenvalue weighted by molar-refractivity contribution is -0.379. The van der Waals surface area contributed by atoms with E-state index < -0.39 is 227 Å². The molecule has 6 saturated heterocycles. The molecule has 0 aliphatic carbocycles. The van der Waals surface area contributed by atoms with Crippen molar-refractivity contribution in [2.75, 3.05) is 67.7 Å². The van der Waals surface area contributed by atoms with Crippen molar-refractivity contribution in [3.05, 3.63) is 0 Å². The van der Waals surface area contributed by atoms with Gasteiger partial charge in [0.1, 0.15) is 79.3 Å². The molecule has 0 saturated carbocycles. The maximum Gasteiger partial charge on any atom is 0.397 e. The Morgan fingerprint density at radius 3 is 1.36 bits per heavy atom. The Hall–Kier alpha value is -3.36. The number of hydrogen-bond donors (Lipinski definition) is 12. The lowest BCUT2D eigenvalue weighted by Gasteiger charge is -2.51. The number of ether oxygens (including phenoxy) is 12. The van der Waals surface area contributed by atoms with E-state index in [0.717, 1.165) is 47.0 Å². The molecule has 0 aromatic heterocycles. The highest BCUT2D eigenvalue weighted by Crippen LogP contribution is 2.41. The number of methoxy groups -OCH3 is 5. The minimum atomic E-state index is -6.28. The number of fused-ring (bicyclic) bond motifs is 1. The molecule has 12 N–H and O–H groups in total. The smallest absolute Gasteiger partial charge is 0.397 e. The molecule has 102 heavy (non-hydrogen) atoms. The maximum atomic E-state index is 13.9. The molecule has 49 nitrogen and oxygen atoms in total. The monoisotopic (exact) mass is 1650 g/mol. The number of thioether (sulfide) groups is 1. The molecule has 0 spiro atoms. The summed E-state index contributed by atoms with van der Waals surface area (Å²) in [6, 6.07) is -1.78. The average molecular weight is 1650 g/mol. The van der Waals surface area contributed by atoms with Crippen molar-refractivity contribution in [3.63, 3.8) is 0 Å². The van der Waals surface area contributed by atoms with Gasteiger partial charge in [-0.15, -0.1) is 0 Å².